The van der Waals surface area contributed by atoms with E-state index in [1.807, 2.05) is 0 Å². The van der Waals surface area contributed by atoms with Crippen molar-refractivity contribution in [3.8, 4) is 0 Å². The molecule has 2 aromatic rings. The van der Waals surface area contributed by atoms with Crippen molar-refractivity contribution in [1.29, 1.82) is 0 Å². The van der Waals surface area contributed by atoms with Crippen LogP contribution in [0.3, 0.4) is 0 Å². The molecule has 0 bridgehead atoms. The van der Waals surface area contributed by atoms with Crippen LogP contribution in [0, 0.1) is 0 Å². The van der Waals surface area contributed by atoms with E-state index < -0.39 is 17.8 Å². The molecule has 0 aromatic carbocycles. The monoisotopic (exact) mass is 302 g/mol. The standard InChI is InChI=1S/C12H10ClF3N4/c13-10-6-19-3-1-7(10)11(20-17)8-5-18-4-2-9(8)12(14,15)16/h1-6,11,20H,17H2. The van der Waals surface area contributed by atoms with Gasteiger partial charge in [-0.15, -0.1) is 0 Å². The predicted molar refractivity (Wildman–Crippen MR) is 67.7 cm³/mol. The van der Waals surface area contributed by atoms with Crippen molar-refractivity contribution in [1.82, 2.24) is 15.4 Å². The molecule has 0 amide bonds. The van der Waals surface area contributed by atoms with Crippen molar-refractivity contribution < 1.29 is 13.2 Å². The van der Waals surface area contributed by atoms with Crippen LogP contribution in [0.5, 0.6) is 0 Å². The maximum atomic E-state index is 13.0. The lowest BCUT2D eigenvalue weighted by atomic mass is 9.97. The number of nitrogens with one attached hydrogen (secondary N) is 1. The van der Waals surface area contributed by atoms with Gasteiger partial charge in [-0.25, -0.2) is 5.43 Å². The van der Waals surface area contributed by atoms with Gasteiger partial charge < -0.3 is 0 Å². The molecule has 8 heteroatoms. The highest BCUT2D eigenvalue weighted by atomic mass is 35.5. The summed E-state index contributed by atoms with van der Waals surface area (Å²) in [5.41, 5.74) is 1.81. The Labute approximate surface area is 117 Å². The fraction of sp³-hybridized carbons (Fsp3) is 0.167. The Balaban J connectivity index is 2.57. The van der Waals surface area contributed by atoms with Crippen LogP contribution in [0.2, 0.25) is 5.02 Å². The molecule has 0 aliphatic heterocycles. The van der Waals surface area contributed by atoms with Gasteiger partial charge in [-0.1, -0.05) is 11.6 Å². The highest BCUT2D eigenvalue weighted by Crippen LogP contribution is 2.37. The molecule has 106 valence electrons. The van der Waals surface area contributed by atoms with Crippen molar-refractivity contribution in [2.24, 2.45) is 5.84 Å². The van der Waals surface area contributed by atoms with Gasteiger partial charge in [0.1, 0.15) is 0 Å². The van der Waals surface area contributed by atoms with Gasteiger partial charge in [0.2, 0.25) is 0 Å². The van der Waals surface area contributed by atoms with Gasteiger partial charge in [-0.05, 0) is 17.7 Å². The third kappa shape index (κ3) is 2.90. The van der Waals surface area contributed by atoms with E-state index in [-0.39, 0.29) is 10.6 Å². The van der Waals surface area contributed by atoms with Crippen LogP contribution in [0.25, 0.3) is 0 Å². The zero-order valence-corrected chi connectivity index (χ0v) is 10.8. The second kappa shape index (κ2) is 5.74. The molecule has 2 rings (SSSR count). The molecule has 0 fully saturated rings. The largest absolute Gasteiger partial charge is 0.416 e. The molecular formula is C12H10ClF3N4. The Bertz CT molecular complexity index is 603. The van der Waals surface area contributed by atoms with E-state index in [4.69, 9.17) is 17.4 Å². The molecule has 2 aromatic heterocycles. The molecule has 0 aliphatic rings. The summed E-state index contributed by atoms with van der Waals surface area (Å²) in [6.07, 6.45) is 0.449. The number of hydrogen-bond donors (Lipinski definition) is 2. The molecule has 0 saturated carbocycles. The summed E-state index contributed by atoms with van der Waals surface area (Å²) in [5.74, 6) is 5.39. The number of nitrogens with two attached hydrogens (primary N) is 1. The number of alkyl halides is 3. The number of rotatable bonds is 3. The fourth-order valence-corrected chi connectivity index (χ4v) is 2.09. The van der Waals surface area contributed by atoms with Crippen LogP contribution in [0.15, 0.2) is 36.9 Å². The van der Waals surface area contributed by atoms with E-state index >= 15 is 0 Å². The topological polar surface area (TPSA) is 63.8 Å². The van der Waals surface area contributed by atoms with E-state index in [0.717, 1.165) is 18.5 Å². The van der Waals surface area contributed by atoms with Crippen molar-refractivity contribution >= 4 is 11.6 Å². The lowest BCUT2D eigenvalue weighted by molar-refractivity contribution is -0.138. The Hall–Kier alpha value is -1.70. The van der Waals surface area contributed by atoms with Crippen molar-refractivity contribution in [2.75, 3.05) is 0 Å². The Morgan fingerprint density at radius 1 is 1.10 bits per heavy atom. The van der Waals surface area contributed by atoms with Crippen molar-refractivity contribution in [3.63, 3.8) is 0 Å². The minimum atomic E-state index is -4.51. The number of pyridine rings is 2. The van der Waals surface area contributed by atoms with E-state index in [1.54, 1.807) is 0 Å². The van der Waals surface area contributed by atoms with Crippen molar-refractivity contribution in [2.45, 2.75) is 12.2 Å². The van der Waals surface area contributed by atoms with Gasteiger partial charge in [0.25, 0.3) is 0 Å². The second-order valence-electron chi connectivity index (χ2n) is 3.96. The first-order valence-corrected chi connectivity index (χ1v) is 5.89. The summed E-state index contributed by atoms with van der Waals surface area (Å²) in [4.78, 5) is 7.52. The van der Waals surface area contributed by atoms with E-state index in [2.05, 4.69) is 15.4 Å². The lowest BCUT2D eigenvalue weighted by Crippen LogP contribution is -2.31. The molecule has 1 atom stereocenters. The molecule has 0 radical (unpaired) electrons. The summed E-state index contributed by atoms with van der Waals surface area (Å²) in [6.45, 7) is 0. The molecule has 2 heterocycles. The smallest absolute Gasteiger partial charge is 0.271 e. The maximum absolute atomic E-state index is 13.0. The van der Waals surface area contributed by atoms with E-state index in [0.29, 0.717) is 5.56 Å². The van der Waals surface area contributed by atoms with E-state index in [1.165, 1.54) is 18.5 Å². The third-order valence-corrected chi connectivity index (χ3v) is 3.07. The van der Waals surface area contributed by atoms with Crippen LogP contribution in [-0.4, -0.2) is 9.97 Å². The average Bonchev–Trinajstić information content (AvgIpc) is 2.41. The minimum Gasteiger partial charge on any atom is -0.271 e. The van der Waals surface area contributed by atoms with Crippen LogP contribution in [-0.2, 0) is 6.18 Å². The summed E-state index contributed by atoms with van der Waals surface area (Å²) in [5, 5.41) is 0.215. The molecular weight excluding hydrogens is 293 g/mol. The Morgan fingerprint density at radius 3 is 2.35 bits per heavy atom. The molecule has 0 aliphatic carbocycles. The summed E-state index contributed by atoms with van der Waals surface area (Å²) >= 11 is 5.95. The lowest BCUT2D eigenvalue weighted by Gasteiger charge is -2.21. The number of aromatic nitrogens is 2. The molecule has 4 nitrogen and oxygen atoms in total. The van der Waals surface area contributed by atoms with Crippen LogP contribution < -0.4 is 11.3 Å². The van der Waals surface area contributed by atoms with Crippen molar-refractivity contribution in [3.05, 3.63) is 58.6 Å². The highest BCUT2D eigenvalue weighted by molar-refractivity contribution is 6.31. The molecule has 0 saturated heterocycles. The summed E-state index contributed by atoms with van der Waals surface area (Å²) in [7, 11) is 0. The van der Waals surface area contributed by atoms with Gasteiger partial charge in [0.05, 0.1) is 16.6 Å². The number of hydrazine groups is 1. The molecule has 20 heavy (non-hydrogen) atoms. The van der Waals surface area contributed by atoms with Crippen LogP contribution >= 0.6 is 11.6 Å². The Morgan fingerprint density at radius 2 is 1.75 bits per heavy atom. The van der Waals surface area contributed by atoms with Gasteiger partial charge in [0, 0.05) is 30.4 Å². The summed E-state index contributed by atoms with van der Waals surface area (Å²) in [6, 6.07) is 1.46. The van der Waals surface area contributed by atoms with Gasteiger partial charge in [-0.3, -0.25) is 15.8 Å². The van der Waals surface area contributed by atoms with Crippen LogP contribution in [0.1, 0.15) is 22.7 Å². The minimum absolute atomic E-state index is 0.101. The number of halogens is 4. The van der Waals surface area contributed by atoms with Gasteiger partial charge in [0.15, 0.2) is 0 Å². The third-order valence-electron chi connectivity index (χ3n) is 2.75. The predicted octanol–water partition coefficient (Wildman–Crippen LogP) is 2.70. The van der Waals surface area contributed by atoms with Gasteiger partial charge in [-0.2, -0.15) is 13.2 Å². The first-order valence-electron chi connectivity index (χ1n) is 5.51. The first kappa shape index (κ1) is 14.7. The average molecular weight is 303 g/mol. The molecule has 3 N–H and O–H groups in total. The summed E-state index contributed by atoms with van der Waals surface area (Å²) < 4.78 is 39.1. The maximum Gasteiger partial charge on any atom is 0.416 e. The Kier molecular flexibility index (Phi) is 4.22. The van der Waals surface area contributed by atoms with E-state index in [9.17, 15) is 13.2 Å². The van der Waals surface area contributed by atoms with Gasteiger partial charge >= 0.3 is 6.18 Å². The number of hydrogen-bond acceptors (Lipinski definition) is 4. The quantitative estimate of drug-likeness (QED) is 0.676. The molecule has 1 unspecified atom stereocenters. The number of nitrogens with zero attached hydrogens (tertiary/aromatic N) is 2. The zero-order valence-electron chi connectivity index (χ0n) is 10.0. The second-order valence-corrected chi connectivity index (χ2v) is 4.36. The highest BCUT2D eigenvalue weighted by Gasteiger charge is 2.35. The zero-order chi connectivity index (χ0) is 14.8. The fourth-order valence-electron chi connectivity index (χ4n) is 1.86. The molecule has 0 spiro atoms. The van der Waals surface area contributed by atoms with Crippen LogP contribution in [0.4, 0.5) is 13.2 Å². The SMILES string of the molecule is NNC(c1ccncc1Cl)c1cnccc1C(F)(F)F. The first-order chi connectivity index (χ1) is 9.45. The normalized spacial score (nSPS) is 13.2.